The molecule has 0 unspecified atom stereocenters. The summed E-state index contributed by atoms with van der Waals surface area (Å²) in [7, 11) is 0. The number of fused-ring (bicyclic) bond motifs is 1. The van der Waals surface area contributed by atoms with Gasteiger partial charge in [-0.15, -0.1) is 0 Å². The molecule has 2 aliphatic rings. The fourth-order valence-electron chi connectivity index (χ4n) is 5.32. The highest BCUT2D eigenvalue weighted by molar-refractivity contribution is 6.08. The highest BCUT2D eigenvalue weighted by Gasteiger charge is 2.46. The van der Waals surface area contributed by atoms with Gasteiger partial charge in [0.25, 0.3) is 5.91 Å². The van der Waals surface area contributed by atoms with Gasteiger partial charge in [0.05, 0.1) is 11.9 Å². The van der Waals surface area contributed by atoms with Gasteiger partial charge in [-0.25, -0.2) is 4.98 Å². The molecule has 160 valence electrons. The highest BCUT2D eigenvalue weighted by Crippen LogP contribution is 2.49. The van der Waals surface area contributed by atoms with Crippen LogP contribution in [0.3, 0.4) is 0 Å². The fourth-order valence-corrected chi connectivity index (χ4v) is 5.32. The lowest BCUT2D eigenvalue weighted by atomic mass is 9.60. The number of likely N-dealkylation sites (tertiary alicyclic amines) is 1. The maximum absolute atomic E-state index is 13.4. The Bertz CT molecular complexity index is 1110. The van der Waals surface area contributed by atoms with Gasteiger partial charge in [-0.05, 0) is 54.4 Å². The van der Waals surface area contributed by atoms with E-state index in [9.17, 15) is 9.59 Å². The number of benzene rings is 2. The number of aryl methyl sites for hydroxylation is 1. The third-order valence-electron chi connectivity index (χ3n) is 7.07. The van der Waals surface area contributed by atoms with Crippen molar-refractivity contribution in [1.29, 1.82) is 0 Å². The van der Waals surface area contributed by atoms with Crippen LogP contribution < -0.4 is 5.32 Å². The van der Waals surface area contributed by atoms with Gasteiger partial charge in [0.1, 0.15) is 6.54 Å². The van der Waals surface area contributed by atoms with Gasteiger partial charge in [0.2, 0.25) is 5.91 Å². The predicted octanol–water partition coefficient (Wildman–Crippen LogP) is 3.55. The molecule has 1 aliphatic carbocycles. The van der Waals surface area contributed by atoms with Crippen LogP contribution in [0.25, 0.3) is 10.8 Å². The van der Waals surface area contributed by atoms with Crippen molar-refractivity contribution < 1.29 is 9.59 Å². The molecule has 1 aliphatic heterocycles. The number of aromatic nitrogens is 2. The molecule has 5 rings (SSSR count). The molecule has 31 heavy (non-hydrogen) atoms. The fraction of sp³-hybridized carbons (Fsp3) is 0.400. The molecule has 2 aromatic carbocycles. The first-order valence-corrected chi connectivity index (χ1v) is 11.1. The summed E-state index contributed by atoms with van der Waals surface area (Å²) in [5.74, 6) is 0.186. The lowest BCUT2D eigenvalue weighted by Crippen LogP contribution is -2.55. The number of imidazole rings is 1. The van der Waals surface area contributed by atoms with Gasteiger partial charge in [0, 0.05) is 31.5 Å². The predicted molar refractivity (Wildman–Crippen MR) is 120 cm³/mol. The Balaban J connectivity index is 1.18. The highest BCUT2D eigenvalue weighted by atomic mass is 16.2. The Labute approximate surface area is 182 Å². The Hall–Kier alpha value is -3.15. The molecule has 1 saturated heterocycles. The first-order valence-electron chi connectivity index (χ1n) is 11.1. The van der Waals surface area contributed by atoms with E-state index in [-0.39, 0.29) is 23.3 Å². The van der Waals surface area contributed by atoms with Crippen molar-refractivity contribution in [3.63, 3.8) is 0 Å². The summed E-state index contributed by atoms with van der Waals surface area (Å²) >= 11 is 0. The minimum atomic E-state index is 0.0388. The van der Waals surface area contributed by atoms with Crippen LogP contribution >= 0.6 is 0 Å². The van der Waals surface area contributed by atoms with Crippen molar-refractivity contribution in [3.05, 3.63) is 66.2 Å². The van der Waals surface area contributed by atoms with Gasteiger partial charge < -0.3 is 14.8 Å². The van der Waals surface area contributed by atoms with Crippen LogP contribution in [0.15, 0.2) is 55.1 Å². The first-order chi connectivity index (χ1) is 15.0. The normalized spacial score (nSPS) is 18.2. The Kier molecular flexibility index (Phi) is 5.00. The second-order valence-corrected chi connectivity index (χ2v) is 9.18. The van der Waals surface area contributed by atoms with Crippen molar-refractivity contribution in [2.24, 2.45) is 5.41 Å². The maximum Gasteiger partial charge on any atom is 0.254 e. The number of carbonyl (C=O) groups excluding carboxylic acids is 2. The number of carbonyl (C=O) groups is 2. The molecule has 0 radical (unpaired) electrons. The molecular weight excluding hydrogens is 388 g/mol. The number of rotatable bonds is 4. The maximum atomic E-state index is 13.4. The van der Waals surface area contributed by atoms with E-state index >= 15 is 0 Å². The average Bonchev–Trinajstić information content (AvgIpc) is 3.25. The van der Waals surface area contributed by atoms with Crippen LogP contribution in [-0.2, 0) is 11.3 Å². The topological polar surface area (TPSA) is 67.2 Å². The van der Waals surface area contributed by atoms with Crippen molar-refractivity contribution in [3.8, 4) is 0 Å². The number of piperidine rings is 1. The van der Waals surface area contributed by atoms with E-state index < -0.39 is 0 Å². The van der Waals surface area contributed by atoms with E-state index in [1.54, 1.807) is 23.3 Å². The summed E-state index contributed by atoms with van der Waals surface area (Å²) in [5, 5.41) is 5.29. The quantitative estimate of drug-likeness (QED) is 0.707. The molecule has 0 atom stereocenters. The Morgan fingerprint density at radius 2 is 1.90 bits per heavy atom. The molecule has 1 aromatic heterocycles. The number of amides is 2. The van der Waals surface area contributed by atoms with Crippen LogP contribution in [-0.4, -0.2) is 45.4 Å². The van der Waals surface area contributed by atoms with Crippen LogP contribution in [0.4, 0.5) is 0 Å². The lowest BCUT2D eigenvalue weighted by molar-refractivity contribution is -0.124. The second kappa shape index (κ2) is 7.84. The SMILES string of the molecule is Cc1ccc2ccccc2c1C(=O)N1CCC2(CC1)CC(NC(=O)Cn1ccnc1)C2. The molecule has 6 heteroatoms. The summed E-state index contributed by atoms with van der Waals surface area (Å²) < 4.78 is 1.78. The molecule has 1 N–H and O–H groups in total. The molecule has 2 heterocycles. The third-order valence-corrected chi connectivity index (χ3v) is 7.07. The van der Waals surface area contributed by atoms with E-state index in [1.165, 1.54) is 0 Å². The number of nitrogens with one attached hydrogen (secondary N) is 1. The van der Waals surface area contributed by atoms with Crippen molar-refractivity contribution in [2.45, 2.75) is 45.2 Å². The molecule has 1 saturated carbocycles. The zero-order valence-corrected chi connectivity index (χ0v) is 17.9. The molecule has 3 aromatic rings. The van der Waals surface area contributed by atoms with Gasteiger partial charge in [-0.2, -0.15) is 0 Å². The second-order valence-electron chi connectivity index (χ2n) is 9.18. The Morgan fingerprint density at radius 3 is 2.65 bits per heavy atom. The van der Waals surface area contributed by atoms with Crippen molar-refractivity contribution >= 4 is 22.6 Å². The molecule has 2 fully saturated rings. The number of hydrogen-bond acceptors (Lipinski definition) is 3. The minimum Gasteiger partial charge on any atom is -0.352 e. The molecule has 1 spiro atoms. The zero-order valence-electron chi connectivity index (χ0n) is 17.9. The largest absolute Gasteiger partial charge is 0.352 e. The van der Waals surface area contributed by atoms with E-state index in [0.717, 1.165) is 60.7 Å². The van der Waals surface area contributed by atoms with Crippen LogP contribution in [0.5, 0.6) is 0 Å². The van der Waals surface area contributed by atoms with Crippen molar-refractivity contribution in [1.82, 2.24) is 19.8 Å². The smallest absolute Gasteiger partial charge is 0.254 e. The van der Waals surface area contributed by atoms with Crippen molar-refractivity contribution in [2.75, 3.05) is 13.1 Å². The van der Waals surface area contributed by atoms with E-state index in [0.29, 0.717) is 6.54 Å². The summed E-state index contributed by atoms with van der Waals surface area (Å²) in [4.78, 5) is 31.6. The summed E-state index contributed by atoms with van der Waals surface area (Å²) in [6, 6.07) is 12.5. The third kappa shape index (κ3) is 3.82. The summed E-state index contributed by atoms with van der Waals surface area (Å²) in [6.45, 7) is 3.92. The summed E-state index contributed by atoms with van der Waals surface area (Å²) in [5.41, 5.74) is 2.15. The van der Waals surface area contributed by atoms with Gasteiger partial charge >= 0.3 is 0 Å². The zero-order chi connectivity index (χ0) is 21.4. The van der Waals surface area contributed by atoms with Gasteiger partial charge in [0.15, 0.2) is 0 Å². The first kappa shape index (κ1) is 19.8. The van der Waals surface area contributed by atoms with Gasteiger partial charge in [-0.3, -0.25) is 9.59 Å². The van der Waals surface area contributed by atoms with Crippen LogP contribution in [0, 0.1) is 12.3 Å². The Morgan fingerprint density at radius 1 is 1.13 bits per heavy atom. The van der Waals surface area contributed by atoms with E-state index in [1.807, 2.05) is 36.1 Å². The summed E-state index contributed by atoms with van der Waals surface area (Å²) in [6.07, 6.45) is 9.18. The van der Waals surface area contributed by atoms with Crippen LogP contribution in [0.2, 0.25) is 0 Å². The van der Waals surface area contributed by atoms with Crippen LogP contribution in [0.1, 0.15) is 41.6 Å². The van der Waals surface area contributed by atoms with E-state index in [4.69, 9.17) is 0 Å². The minimum absolute atomic E-state index is 0.0388. The monoisotopic (exact) mass is 416 g/mol. The van der Waals surface area contributed by atoms with Gasteiger partial charge in [-0.1, -0.05) is 36.4 Å². The average molecular weight is 417 g/mol. The molecule has 2 amide bonds. The lowest BCUT2D eigenvalue weighted by Gasteiger charge is -2.52. The van der Waals surface area contributed by atoms with E-state index in [2.05, 4.69) is 22.4 Å². The molecular formula is C25H28N4O2. The number of hydrogen-bond donors (Lipinski definition) is 1. The number of nitrogens with zero attached hydrogens (tertiary/aromatic N) is 3. The molecule has 6 nitrogen and oxygen atoms in total. The molecule has 0 bridgehead atoms. The standard InChI is InChI=1S/C25H28N4O2/c1-18-6-7-19-4-2-3-5-21(19)23(18)24(31)29-11-8-25(9-12-29)14-20(15-25)27-22(30)16-28-13-10-26-17-28/h2-7,10,13,17,20H,8-9,11-12,14-16H2,1H3,(H,27,30).